The zero-order valence-electron chi connectivity index (χ0n) is 18.5. The molecule has 3 heterocycles. The van der Waals surface area contributed by atoms with Crippen LogP contribution in [0.1, 0.15) is 52.1 Å². The number of carbonyl (C=O) groups is 2. The van der Waals surface area contributed by atoms with Gasteiger partial charge in [0.25, 0.3) is 0 Å². The van der Waals surface area contributed by atoms with Gasteiger partial charge in [-0.2, -0.15) is 5.10 Å². The van der Waals surface area contributed by atoms with Crippen LogP contribution in [0.4, 0.5) is 10.6 Å². The van der Waals surface area contributed by atoms with E-state index in [-0.39, 0.29) is 12.2 Å². The number of aromatic nitrogens is 3. The topological polar surface area (TPSA) is 145 Å². The van der Waals surface area contributed by atoms with E-state index in [0.29, 0.717) is 17.8 Å². The Morgan fingerprint density at radius 1 is 1.31 bits per heavy atom. The van der Waals surface area contributed by atoms with E-state index < -0.39 is 42.6 Å². The summed E-state index contributed by atoms with van der Waals surface area (Å²) in [6, 6.07) is 3.34. The van der Waals surface area contributed by atoms with Crippen molar-refractivity contribution in [2.24, 2.45) is 0 Å². The fourth-order valence-corrected chi connectivity index (χ4v) is 3.75. The Bertz CT molecular complexity index is 949. The smallest absolute Gasteiger partial charge is 0.412 e. The summed E-state index contributed by atoms with van der Waals surface area (Å²) in [6.45, 7) is 5.19. The Balaban J connectivity index is 1.84. The molecular weight excluding hydrogens is 420 g/mol. The van der Waals surface area contributed by atoms with Gasteiger partial charge in [-0.3, -0.25) is 10.1 Å². The molecule has 1 amide bonds. The molecule has 1 fully saturated rings. The lowest BCUT2D eigenvalue weighted by Gasteiger charge is -2.27. The Hall–Kier alpha value is -2.76. The van der Waals surface area contributed by atoms with Crippen LogP contribution in [-0.2, 0) is 24.6 Å². The number of carbonyl (C=O) groups excluding carboxylic acids is 2. The number of aliphatic hydroxyl groups is 2. The lowest BCUT2D eigenvalue weighted by atomic mass is 9.93. The van der Waals surface area contributed by atoms with Gasteiger partial charge in [0, 0.05) is 6.42 Å². The number of amides is 1. The molecule has 0 bridgehead atoms. The van der Waals surface area contributed by atoms with Gasteiger partial charge in [0.1, 0.15) is 29.7 Å². The zero-order valence-corrected chi connectivity index (χ0v) is 18.5. The first kappa shape index (κ1) is 23.9. The van der Waals surface area contributed by atoms with Gasteiger partial charge in [-0.1, -0.05) is 26.7 Å². The maximum atomic E-state index is 12.1. The van der Waals surface area contributed by atoms with E-state index in [1.807, 2.05) is 0 Å². The van der Waals surface area contributed by atoms with E-state index in [4.69, 9.17) is 14.2 Å². The Labute approximate surface area is 185 Å². The first-order chi connectivity index (χ1) is 15.3. The van der Waals surface area contributed by atoms with E-state index in [2.05, 4.69) is 22.3 Å². The van der Waals surface area contributed by atoms with Crippen LogP contribution >= 0.6 is 0 Å². The third kappa shape index (κ3) is 4.69. The van der Waals surface area contributed by atoms with E-state index >= 15 is 0 Å². The number of aliphatic hydroxyl groups excluding tert-OH is 2. The summed E-state index contributed by atoms with van der Waals surface area (Å²) in [5.41, 5.74) is -0.444. The molecular formula is C21H30N4O7. The molecule has 1 aliphatic heterocycles. The standard InChI is InChI=1S/C21H30N4O7/c1-4-6-7-10-30-20(29)24-19-13-8-9-15(25(13)23-12-22-19)21(3)18(28)17(14(11-26)32-21)31-16(27)5-2/h8-9,12,14,17-18,26,28H,4-7,10-11H2,1-3H3,(H,22,23,24,29)/t14-,17-,18-,21+/m1/s1. The van der Waals surface area contributed by atoms with E-state index in [1.165, 1.54) is 10.8 Å². The number of hydrogen-bond donors (Lipinski definition) is 3. The van der Waals surface area contributed by atoms with Crippen molar-refractivity contribution >= 4 is 23.4 Å². The number of esters is 1. The monoisotopic (exact) mass is 450 g/mol. The van der Waals surface area contributed by atoms with Crippen LogP contribution < -0.4 is 5.32 Å². The molecule has 0 aliphatic carbocycles. The highest BCUT2D eigenvalue weighted by Crippen LogP contribution is 2.41. The van der Waals surface area contributed by atoms with Gasteiger partial charge in [0.2, 0.25) is 0 Å². The fourth-order valence-electron chi connectivity index (χ4n) is 3.75. The van der Waals surface area contributed by atoms with Crippen molar-refractivity contribution in [2.45, 2.75) is 70.4 Å². The summed E-state index contributed by atoms with van der Waals surface area (Å²) in [6.07, 6.45) is 0.318. The van der Waals surface area contributed by atoms with Gasteiger partial charge in [0.15, 0.2) is 11.9 Å². The third-order valence-electron chi connectivity index (χ3n) is 5.54. The number of ether oxygens (including phenoxy) is 3. The molecule has 2 aromatic rings. The zero-order chi connectivity index (χ0) is 23.3. The normalized spacial score (nSPS) is 25.1. The molecule has 0 saturated carbocycles. The highest BCUT2D eigenvalue weighted by atomic mass is 16.6. The first-order valence-corrected chi connectivity index (χ1v) is 10.8. The molecule has 1 saturated heterocycles. The van der Waals surface area contributed by atoms with E-state index in [1.54, 1.807) is 26.0 Å². The molecule has 2 aromatic heterocycles. The molecule has 176 valence electrons. The fraction of sp³-hybridized carbons (Fsp3) is 0.619. The van der Waals surface area contributed by atoms with Gasteiger partial charge in [-0.15, -0.1) is 0 Å². The van der Waals surface area contributed by atoms with Crippen LogP contribution in [0.25, 0.3) is 5.52 Å². The number of nitrogens with one attached hydrogen (secondary N) is 1. The summed E-state index contributed by atoms with van der Waals surface area (Å²) >= 11 is 0. The Kier molecular flexibility index (Phi) is 7.64. The van der Waals surface area contributed by atoms with Crippen LogP contribution in [0.15, 0.2) is 18.5 Å². The summed E-state index contributed by atoms with van der Waals surface area (Å²) in [5.74, 6) is -0.276. The molecule has 4 atom stereocenters. The van der Waals surface area contributed by atoms with Crippen LogP contribution in [-0.4, -0.2) is 68.4 Å². The highest BCUT2D eigenvalue weighted by molar-refractivity contribution is 5.88. The third-order valence-corrected chi connectivity index (χ3v) is 5.54. The van der Waals surface area contributed by atoms with Crippen molar-refractivity contribution in [2.75, 3.05) is 18.5 Å². The van der Waals surface area contributed by atoms with Gasteiger partial charge in [-0.05, 0) is 25.5 Å². The lowest BCUT2D eigenvalue weighted by Crippen LogP contribution is -2.42. The van der Waals surface area contributed by atoms with Crippen LogP contribution in [0.3, 0.4) is 0 Å². The molecule has 1 aliphatic rings. The average Bonchev–Trinajstić information content (AvgIpc) is 3.33. The van der Waals surface area contributed by atoms with Crippen LogP contribution in [0.2, 0.25) is 0 Å². The first-order valence-electron chi connectivity index (χ1n) is 10.8. The number of anilines is 1. The second kappa shape index (κ2) is 10.2. The number of hydrogen-bond acceptors (Lipinski definition) is 9. The van der Waals surface area contributed by atoms with E-state index in [9.17, 15) is 19.8 Å². The number of fused-ring (bicyclic) bond motifs is 1. The number of nitrogens with zero attached hydrogens (tertiary/aromatic N) is 3. The van der Waals surface area contributed by atoms with Crippen molar-refractivity contribution in [1.29, 1.82) is 0 Å². The molecule has 0 spiro atoms. The van der Waals surface area contributed by atoms with Crippen LogP contribution in [0.5, 0.6) is 0 Å². The number of rotatable bonds is 9. The minimum atomic E-state index is -1.34. The maximum absolute atomic E-state index is 12.1. The molecule has 11 nitrogen and oxygen atoms in total. The van der Waals surface area contributed by atoms with Gasteiger partial charge in [0.05, 0.1) is 18.9 Å². The molecule has 32 heavy (non-hydrogen) atoms. The summed E-state index contributed by atoms with van der Waals surface area (Å²) in [4.78, 5) is 28.0. The van der Waals surface area contributed by atoms with Crippen molar-refractivity contribution in [1.82, 2.24) is 14.6 Å². The van der Waals surface area contributed by atoms with Crippen molar-refractivity contribution in [3.63, 3.8) is 0 Å². The van der Waals surface area contributed by atoms with Crippen molar-refractivity contribution in [3.8, 4) is 0 Å². The predicted octanol–water partition coefficient (Wildman–Crippen LogP) is 1.76. The Morgan fingerprint density at radius 2 is 2.09 bits per heavy atom. The Morgan fingerprint density at radius 3 is 2.78 bits per heavy atom. The summed E-state index contributed by atoms with van der Waals surface area (Å²) < 4.78 is 17.9. The van der Waals surface area contributed by atoms with Gasteiger partial charge < -0.3 is 24.4 Å². The second-order valence-electron chi connectivity index (χ2n) is 7.79. The molecule has 0 aromatic carbocycles. The van der Waals surface area contributed by atoms with Crippen molar-refractivity contribution in [3.05, 3.63) is 24.2 Å². The van der Waals surface area contributed by atoms with Crippen molar-refractivity contribution < 1.29 is 34.0 Å². The summed E-state index contributed by atoms with van der Waals surface area (Å²) in [5, 5.41) is 27.5. The average molecular weight is 450 g/mol. The van der Waals surface area contributed by atoms with Crippen LogP contribution in [0, 0.1) is 0 Å². The minimum absolute atomic E-state index is 0.128. The molecule has 11 heteroatoms. The minimum Gasteiger partial charge on any atom is -0.457 e. The second-order valence-corrected chi connectivity index (χ2v) is 7.79. The molecule has 0 radical (unpaired) electrons. The van der Waals surface area contributed by atoms with E-state index in [0.717, 1.165) is 19.3 Å². The lowest BCUT2D eigenvalue weighted by molar-refractivity contribution is -0.156. The SMILES string of the molecule is CCCCCOC(=O)Nc1ncnn2c([C@]3(C)O[C@H](CO)[C@@H](OC(=O)CC)[C@H]3O)ccc12. The molecule has 3 N–H and O–H groups in total. The predicted molar refractivity (Wildman–Crippen MR) is 113 cm³/mol. The largest absolute Gasteiger partial charge is 0.457 e. The molecule has 0 unspecified atom stereocenters. The molecule has 3 rings (SSSR count). The number of unbranched alkanes of at least 4 members (excludes halogenated alkanes) is 2. The summed E-state index contributed by atoms with van der Waals surface area (Å²) in [7, 11) is 0. The maximum Gasteiger partial charge on any atom is 0.412 e. The van der Waals surface area contributed by atoms with Gasteiger partial charge in [-0.25, -0.2) is 14.3 Å². The highest BCUT2D eigenvalue weighted by Gasteiger charge is 2.55. The van der Waals surface area contributed by atoms with Gasteiger partial charge >= 0.3 is 12.1 Å². The quantitative estimate of drug-likeness (QED) is 0.384.